The third-order valence-electron chi connectivity index (χ3n) is 6.96. The molecule has 2 aromatic heterocycles. The number of nitrogens with one attached hydrogen (secondary N) is 1. The van der Waals surface area contributed by atoms with Crippen molar-refractivity contribution in [2.75, 3.05) is 20.3 Å². The predicted octanol–water partition coefficient (Wildman–Crippen LogP) is 4.43. The number of aryl methyl sites for hydroxylation is 1. The molecule has 7 nitrogen and oxygen atoms in total. The number of hydrogen-bond donors (Lipinski definition) is 1. The Labute approximate surface area is 211 Å². The standard InChI is InChI=1S/C27H30N4O3S/c1-17-15-21(18(2)31(17)23-12-5-4-10-20(23)26(32)33-3)25-24(22-11-6-7-13-28-22)29-27(35)30(25)16-19-9-8-14-34-19/h4-7,10-13,15,19,24-25H,8-9,14,16H2,1-3H3,(H,29,35)/t19-,24-,25-/m0/s1. The van der Waals surface area contributed by atoms with Crippen LogP contribution in [0, 0.1) is 13.8 Å². The van der Waals surface area contributed by atoms with E-state index in [1.165, 1.54) is 7.11 Å². The lowest BCUT2D eigenvalue weighted by atomic mass is 9.96. The molecule has 2 aliphatic heterocycles. The molecule has 0 radical (unpaired) electrons. The second kappa shape index (κ2) is 9.79. The van der Waals surface area contributed by atoms with Gasteiger partial charge in [-0.1, -0.05) is 18.2 Å². The second-order valence-electron chi connectivity index (χ2n) is 9.08. The lowest BCUT2D eigenvalue weighted by Gasteiger charge is -2.30. The van der Waals surface area contributed by atoms with Crippen molar-refractivity contribution in [1.82, 2.24) is 19.8 Å². The van der Waals surface area contributed by atoms with Gasteiger partial charge in [0.15, 0.2) is 5.11 Å². The number of benzene rings is 1. The molecule has 2 fully saturated rings. The van der Waals surface area contributed by atoms with Crippen LogP contribution in [0.5, 0.6) is 0 Å². The highest BCUT2D eigenvalue weighted by Crippen LogP contribution is 2.42. The molecule has 1 N–H and O–H groups in total. The first-order chi connectivity index (χ1) is 17.0. The topological polar surface area (TPSA) is 68.6 Å². The Kier molecular flexibility index (Phi) is 6.58. The minimum absolute atomic E-state index is 0.0631. The van der Waals surface area contributed by atoms with Gasteiger partial charge >= 0.3 is 5.97 Å². The third-order valence-corrected chi connectivity index (χ3v) is 7.31. The molecular formula is C27H30N4O3S. The fourth-order valence-corrected chi connectivity index (χ4v) is 5.67. The van der Waals surface area contributed by atoms with Gasteiger partial charge in [0.05, 0.1) is 42.2 Å². The SMILES string of the molecule is COC(=O)c1ccccc1-n1c(C)cc([C@H]2[C@H](c3ccccn3)NC(=S)N2C[C@@H]2CCCO2)c1C. The molecule has 5 rings (SSSR count). The van der Waals surface area contributed by atoms with Crippen molar-refractivity contribution in [3.05, 3.63) is 82.9 Å². The number of thiocarbonyl (C=S) groups is 1. The molecule has 3 atom stereocenters. The summed E-state index contributed by atoms with van der Waals surface area (Å²) in [6, 6.07) is 15.5. The Morgan fingerprint density at radius 1 is 1.23 bits per heavy atom. The van der Waals surface area contributed by atoms with Crippen LogP contribution in [0.15, 0.2) is 54.7 Å². The highest BCUT2D eigenvalue weighted by molar-refractivity contribution is 7.80. The van der Waals surface area contributed by atoms with Crippen LogP contribution >= 0.6 is 12.2 Å². The summed E-state index contributed by atoms with van der Waals surface area (Å²) in [6.07, 6.45) is 4.08. The Morgan fingerprint density at radius 3 is 2.74 bits per heavy atom. The van der Waals surface area contributed by atoms with Crippen molar-refractivity contribution >= 4 is 23.3 Å². The van der Waals surface area contributed by atoms with Gasteiger partial charge in [-0.25, -0.2) is 4.79 Å². The summed E-state index contributed by atoms with van der Waals surface area (Å²) < 4.78 is 13.2. The maximum absolute atomic E-state index is 12.5. The maximum atomic E-state index is 12.5. The third kappa shape index (κ3) is 4.32. The van der Waals surface area contributed by atoms with Gasteiger partial charge in [0.1, 0.15) is 0 Å². The minimum atomic E-state index is -0.357. The number of ether oxygens (including phenoxy) is 2. The lowest BCUT2D eigenvalue weighted by Crippen LogP contribution is -2.36. The summed E-state index contributed by atoms with van der Waals surface area (Å²) in [5, 5.41) is 4.24. The summed E-state index contributed by atoms with van der Waals surface area (Å²) in [5.74, 6) is -0.357. The van der Waals surface area contributed by atoms with Crippen LogP contribution in [0.25, 0.3) is 5.69 Å². The highest BCUT2D eigenvalue weighted by atomic mass is 32.1. The number of pyridine rings is 1. The first kappa shape index (κ1) is 23.5. The van der Waals surface area contributed by atoms with Crippen molar-refractivity contribution < 1.29 is 14.3 Å². The van der Waals surface area contributed by atoms with E-state index >= 15 is 0 Å². The van der Waals surface area contributed by atoms with Crippen molar-refractivity contribution in [2.45, 2.75) is 44.9 Å². The highest BCUT2D eigenvalue weighted by Gasteiger charge is 2.42. The number of carbonyl (C=O) groups is 1. The summed E-state index contributed by atoms with van der Waals surface area (Å²) in [7, 11) is 1.41. The van der Waals surface area contributed by atoms with Gasteiger partial charge in [-0.15, -0.1) is 0 Å². The summed E-state index contributed by atoms with van der Waals surface area (Å²) >= 11 is 5.84. The first-order valence-electron chi connectivity index (χ1n) is 12.0. The summed E-state index contributed by atoms with van der Waals surface area (Å²) in [4.78, 5) is 19.4. The van der Waals surface area contributed by atoms with Crippen LogP contribution in [0.3, 0.4) is 0 Å². The molecule has 0 aliphatic carbocycles. The van der Waals surface area contributed by atoms with Gasteiger partial charge in [0.2, 0.25) is 0 Å². The van der Waals surface area contributed by atoms with E-state index in [0.717, 1.165) is 54.3 Å². The molecule has 2 aliphatic rings. The average Bonchev–Trinajstić information content (AvgIpc) is 3.58. The minimum Gasteiger partial charge on any atom is -0.465 e. The van der Waals surface area contributed by atoms with Crippen LogP contribution in [0.2, 0.25) is 0 Å². The van der Waals surface area contributed by atoms with Crippen LogP contribution in [0.4, 0.5) is 0 Å². The number of methoxy groups -OCH3 is 1. The Morgan fingerprint density at radius 2 is 2.03 bits per heavy atom. The largest absolute Gasteiger partial charge is 0.465 e. The number of carbonyl (C=O) groups excluding carboxylic acids is 1. The van der Waals surface area contributed by atoms with Gasteiger partial charge in [-0.2, -0.15) is 0 Å². The molecule has 35 heavy (non-hydrogen) atoms. The molecule has 0 bridgehead atoms. The van der Waals surface area contributed by atoms with Crippen molar-refractivity contribution in [2.24, 2.45) is 0 Å². The molecule has 0 amide bonds. The number of esters is 1. The average molecular weight is 491 g/mol. The predicted molar refractivity (Wildman–Crippen MR) is 138 cm³/mol. The number of aromatic nitrogens is 2. The second-order valence-corrected chi connectivity index (χ2v) is 9.47. The van der Waals surface area contributed by atoms with Crippen LogP contribution in [0.1, 0.15) is 57.9 Å². The zero-order valence-corrected chi connectivity index (χ0v) is 21.0. The van der Waals surface area contributed by atoms with E-state index < -0.39 is 0 Å². The molecule has 0 saturated carbocycles. The number of hydrogen-bond acceptors (Lipinski definition) is 5. The van der Waals surface area contributed by atoms with Gasteiger partial charge < -0.3 is 24.3 Å². The van der Waals surface area contributed by atoms with Crippen LogP contribution < -0.4 is 5.32 Å². The smallest absolute Gasteiger partial charge is 0.339 e. The molecule has 182 valence electrons. The molecule has 0 unspecified atom stereocenters. The Balaban J connectivity index is 1.61. The Hall–Kier alpha value is -3.23. The van der Waals surface area contributed by atoms with E-state index in [1.54, 1.807) is 6.07 Å². The summed E-state index contributed by atoms with van der Waals surface area (Å²) in [5.41, 5.74) is 5.49. The van der Waals surface area contributed by atoms with E-state index in [2.05, 4.69) is 39.7 Å². The molecular weight excluding hydrogens is 460 g/mol. The molecule has 4 heterocycles. The zero-order valence-electron chi connectivity index (χ0n) is 20.2. The maximum Gasteiger partial charge on any atom is 0.339 e. The number of nitrogens with zero attached hydrogens (tertiary/aromatic N) is 3. The van der Waals surface area contributed by atoms with Gasteiger partial charge in [0, 0.05) is 30.7 Å². The van der Waals surface area contributed by atoms with Crippen molar-refractivity contribution in [3.8, 4) is 5.69 Å². The van der Waals surface area contributed by atoms with E-state index in [4.69, 9.17) is 21.7 Å². The molecule has 3 aromatic rings. The van der Waals surface area contributed by atoms with E-state index in [0.29, 0.717) is 10.7 Å². The van der Waals surface area contributed by atoms with E-state index in [9.17, 15) is 4.79 Å². The molecule has 2 saturated heterocycles. The monoisotopic (exact) mass is 490 g/mol. The van der Waals surface area contributed by atoms with Crippen LogP contribution in [-0.2, 0) is 9.47 Å². The van der Waals surface area contributed by atoms with Gasteiger partial charge in [-0.3, -0.25) is 4.98 Å². The molecule has 8 heteroatoms. The molecule has 1 aromatic carbocycles. The zero-order chi connectivity index (χ0) is 24.5. The lowest BCUT2D eigenvalue weighted by molar-refractivity contribution is 0.0600. The van der Waals surface area contributed by atoms with Gasteiger partial charge in [-0.05, 0) is 74.8 Å². The number of para-hydroxylation sites is 1. The summed E-state index contributed by atoms with van der Waals surface area (Å²) in [6.45, 7) is 5.68. The quantitative estimate of drug-likeness (QED) is 0.405. The first-order valence-corrected chi connectivity index (χ1v) is 12.4. The molecule has 0 spiro atoms. The van der Waals surface area contributed by atoms with Crippen LogP contribution in [-0.4, -0.2) is 51.9 Å². The fourth-order valence-electron chi connectivity index (χ4n) is 5.36. The number of rotatable bonds is 6. The van der Waals surface area contributed by atoms with Crippen molar-refractivity contribution in [1.29, 1.82) is 0 Å². The van der Waals surface area contributed by atoms with Gasteiger partial charge in [0.25, 0.3) is 0 Å². The van der Waals surface area contributed by atoms with E-state index in [1.807, 2.05) is 42.6 Å². The Bertz CT molecular complexity index is 1240. The normalized spacial score (nSPS) is 21.9. The van der Waals surface area contributed by atoms with E-state index in [-0.39, 0.29) is 24.2 Å². The van der Waals surface area contributed by atoms with Crippen molar-refractivity contribution in [3.63, 3.8) is 0 Å². The fraction of sp³-hybridized carbons (Fsp3) is 0.370.